The van der Waals surface area contributed by atoms with E-state index in [9.17, 15) is 39.3 Å². The lowest BCUT2D eigenvalue weighted by Crippen LogP contribution is -2.82. The average molecular weight is 854 g/mol. The first kappa shape index (κ1) is 44.3. The number of ketones is 1. The Kier molecular flexibility index (Phi) is 11.8. The number of aliphatic hydroxyl groups is 3. The molecule has 2 saturated carbocycles. The molecule has 4 aliphatic rings. The predicted octanol–water partition coefficient (Wildman–Crippen LogP) is 3.74. The standard InChI is InChI=1S/C47H51NO14/c1-25-31(60-43(56)36(52)35(28-16-10-7-11-17-28)48-41(54)29-18-12-8-13-19-29)23-47(57)40(61-42(55)30-20-14-9-15-21-30)38-45(6,32(51)22-33-46(38,24-58-33)62-27(3)50)39(53)37(59-26(2)49)34(25)44(47,4)5/h7-21,31-33,35-38,40,51-52,57H,22-24H2,1-6H3,(H,48,54)/t31-,32+,33-,35+,36-,37-,38+,40+,45-,46+,47+/m1/s1. The van der Waals surface area contributed by atoms with Crippen LogP contribution in [0.1, 0.15) is 86.7 Å². The molecule has 15 nitrogen and oxygen atoms in total. The minimum atomic E-state index is -2.39. The number of hydrogen-bond donors (Lipinski definition) is 4. The summed E-state index contributed by atoms with van der Waals surface area (Å²) in [6.07, 6.45) is -10.5. The highest BCUT2D eigenvalue weighted by molar-refractivity contribution is 5.96. The maximum Gasteiger partial charge on any atom is 0.338 e. The van der Waals surface area contributed by atoms with Crippen molar-refractivity contribution in [3.05, 3.63) is 119 Å². The highest BCUT2D eigenvalue weighted by Crippen LogP contribution is 2.64. The van der Waals surface area contributed by atoms with Gasteiger partial charge in [-0.15, -0.1) is 0 Å². The predicted molar refractivity (Wildman–Crippen MR) is 218 cm³/mol. The number of benzene rings is 3. The summed E-state index contributed by atoms with van der Waals surface area (Å²) in [5.74, 6) is -6.84. The van der Waals surface area contributed by atoms with Gasteiger partial charge in [0.1, 0.15) is 23.9 Å². The lowest BCUT2D eigenvalue weighted by atomic mass is 9.44. The molecule has 3 aliphatic carbocycles. The summed E-state index contributed by atoms with van der Waals surface area (Å²) in [4.78, 5) is 83.5. The lowest BCUT2D eigenvalue weighted by molar-refractivity contribution is -0.346. The van der Waals surface area contributed by atoms with Crippen LogP contribution in [-0.4, -0.2) is 105 Å². The zero-order valence-electron chi connectivity index (χ0n) is 35.2. The number of fused-ring (bicyclic) bond motifs is 5. The summed E-state index contributed by atoms with van der Waals surface area (Å²) in [6, 6.07) is 22.9. The SMILES string of the molecule is CC(=O)O[C@H]1C(=O)[C@@]2(C)[C@H]([C@H](OC(=O)c3ccccc3)[C@@]3(O)C[C@@H](OC(=O)[C@H](O)[C@@H](NC(=O)c4ccccc4)c4ccccc4)C(C)=C1C3(C)C)[C@]1(OC(C)=O)CO[C@@H]1C[C@@H]2O. The van der Waals surface area contributed by atoms with Gasteiger partial charge in [-0.25, -0.2) is 9.59 Å². The van der Waals surface area contributed by atoms with E-state index in [1.165, 1.54) is 26.0 Å². The maximum atomic E-state index is 15.5. The zero-order valence-corrected chi connectivity index (χ0v) is 35.2. The fraction of sp³-hybridized carbons (Fsp3) is 0.447. The largest absolute Gasteiger partial charge is 0.456 e. The van der Waals surface area contributed by atoms with Crippen LogP contribution in [0.25, 0.3) is 0 Å². The Labute approximate surface area is 358 Å². The zero-order chi connectivity index (χ0) is 44.9. The van der Waals surface area contributed by atoms with Crippen molar-refractivity contribution in [1.29, 1.82) is 0 Å². The van der Waals surface area contributed by atoms with Gasteiger partial charge in [0.05, 0.1) is 35.6 Å². The van der Waals surface area contributed by atoms with Crippen LogP contribution in [-0.2, 0) is 42.9 Å². The van der Waals surface area contributed by atoms with Crippen molar-refractivity contribution < 1.29 is 67.8 Å². The van der Waals surface area contributed by atoms with Crippen molar-refractivity contribution in [3.8, 4) is 0 Å². The van der Waals surface area contributed by atoms with Gasteiger partial charge in [0.2, 0.25) is 0 Å². The van der Waals surface area contributed by atoms with Gasteiger partial charge in [-0.05, 0) is 54.8 Å². The second-order valence-corrected chi connectivity index (χ2v) is 17.4. The van der Waals surface area contributed by atoms with Gasteiger partial charge < -0.3 is 44.3 Å². The van der Waals surface area contributed by atoms with E-state index in [1.54, 1.807) is 92.7 Å². The van der Waals surface area contributed by atoms with Gasteiger partial charge in [0, 0.05) is 37.7 Å². The third-order valence-electron chi connectivity index (χ3n) is 13.5. The smallest absolute Gasteiger partial charge is 0.338 e. The molecule has 15 heteroatoms. The fourth-order valence-electron chi connectivity index (χ4n) is 10.2. The fourth-order valence-corrected chi connectivity index (χ4v) is 10.2. The quantitative estimate of drug-likeness (QED) is 0.130. The van der Waals surface area contributed by atoms with E-state index in [4.69, 9.17) is 23.7 Å². The van der Waals surface area contributed by atoms with Crippen LogP contribution < -0.4 is 5.32 Å². The Morgan fingerprint density at radius 1 is 0.823 bits per heavy atom. The molecule has 0 aromatic heterocycles. The minimum absolute atomic E-state index is 0.00289. The summed E-state index contributed by atoms with van der Waals surface area (Å²) >= 11 is 0. The van der Waals surface area contributed by atoms with Crippen LogP contribution >= 0.6 is 0 Å². The first-order valence-electron chi connectivity index (χ1n) is 20.5. The van der Waals surface area contributed by atoms with Crippen molar-refractivity contribution in [2.24, 2.45) is 16.7 Å². The summed E-state index contributed by atoms with van der Waals surface area (Å²) in [5, 5.41) is 40.2. The van der Waals surface area contributed by atoms with E-state index >= 15 is 4.79 Å². The van der Waals surface area contributed by atoms with Crippen LogP contribution in [0.15, 0.2) is 102 Å². The molecular formula is C47H51NO14. The van der Waals surface area contributed by atoms with Crippen molar-refractivity contribution in [2.45, 2.75) is 108 Å². The van der Waals surface area contributed by atoms with E-state index in [0.29, 0.717) is 5.56 Å². The molecule has 4 N–H and O–H groups in total. The molecule has 11 atom stereocenters. The van der Waals surface area contributed by atoms with Gasteiger partial charge in [-0.2, -0.15) is 0 Å². The van der Waals surface area contributed by atoms with E-state index < -0.39 is 113 Å². The Morgan fingerprint density at radius 2 is 1.40 bits per heavy atom. The van der Waals surface area contributed by atoms with E-state index in [2.05, 4.69) is 5.32 Å². The highest BCUT2D eigenvalue weighted by atomic mass is 16.6. The number of carbonyl (C=O) groups excluding carboxylic acids is 6. The Hall–Kier alpha value is -5.74. The molecule has 62 heavy (non-hydrogen) atoms. The van der Waals surface area contributed by atoms with Crippen molar-refractivity contribution in [3.63, 3.8) is 0 Å². The van der Waals surface area contributed by atoms with Crippen molar-refractivity contribution >= 4 is 35.6 Å². The number of rotatable bonds is 10. The first-order chi connectivity index (χ1) is 29.3. The van der Waals surface area contributed by atoms with Crippen LogP contribution in [0.3, 0.4) is 0 Å². The topological polar surface area (TPSA) is 221 Å². The van der Waals surface area contributed by atoms with Crippen molar-refractivity contribution in [2.75, 3.05) is 6.61 Å². The first-order valence-corrected chi connectivity index (χ1v) is 20.5. The normalized spacial score (nSPS) is 31.9. The summed E-state index contributed by atoms with van der Waals surface area (Å²) < 4.78 is 30.3. The Bertz CT molecular complexity index is 2280. The maximum absolute atomic E-state index is 15.5. The van der Waals surface area contributed by atoms with E-state index in [0.717, 1.165) is 13.8 Å². The van der Waals surface area contributed by atoms with Crippen molar-refractivity contribution in [1.82, 2.24) is 5.32 Å². The summed E-state index contributed by atoms with van der Waals surface area (Å²) in [5.41, 5.74) is -7.02. The van der Waals surface area contributed by atoms with Crippen LogP contribution in [0.2, 0.25) is 0 Å². The molecule has 3 aromatic rings. The molecule has 7 rings (SSSR count). The number of hydrogen-bond acceptors (Lipinski definition) is 14. The molecule has 2 bridgehead atoms. The van der Waals surface area contributed by atoms with E-state index in [1.807, 2.05) is 0 Å². The molecule has 1 aliphatic heterocycles. The second-order valence-electron chi connectivity index (χ2n) is 17.4. The number of esters is 4. The minimum Gasteiger partial charge on any atom is -0.456 e. The van der Waals surface area contributed by atoms with Gasteiger partial charge in [0.25, 0.3) is 5.91 Å². The molecule has 3 fully saturated rings. The second kappa shape index (κ2) is 16.5. The molecule has 1 heterocycles. The summed E-state index contributed by atoms with van der Waals surface area (Å²) in [7, 11) is 0. The number of amides is 1. The number of aliphatic hydroxyl groups excluding tert-OH is 2. The molecular weight excluding hydrogens is 803 g/mol. The Balaban J connectivity index is 1.39. The van der Waals surface area contributed by atoms with Gasteiger partial charge in [-0.1, -0.05) is 80.6 Å². The number of nitrogens with one attached hydrogen (secondary N) is 1. The highest BCUT2D eigenvalue weighted by Gasteiger charge is 2.78. The summed E-state index contributed by atoms with van der Waals surface area (Å²) in [6.45, 7) is 7.97. The molecule has 1 amide bonds. The number of Topliss-reactive ketones (excluding diaryl/α,β-unsaturated/α-hetero) is 1. The van der Waals surface area contributed by atoms with Crippen LogP contribution in [0.4, 0.5) is 0 Å². The van der Waals surface area contributed by atoms with E-state index in [-0.39, 0.29) is 35.3 Å². The van der Waals surface area contributed by atoms with Gasteiger partial charge in [0.15, 0.2) is 23.6 Å². The third kappa shape index (κ3) is 7.29. The monoisotopic (exact) mass is 853 g/mol. The molecule has 328 valence electrons. The molecule has 0 radical (unpaired) electrons. The third-order valence-corrected chi connectivity index (χ3v) is 13.5. The molecule has 1 saturated heterocycles. The van der Waals surface area contributed by atoms with Crippen LogP contribution in [0.5, 0.6) is 0 Å². The molecule has 3 aromatic carbocycles. The molecule has 0 unspecified atom stereocenters. The van der Waals surface area contributed by atoms with Crippen LogP contribution in [0, 0.1) is 16.7 Å². The van der Waals surface area contributed by atoms with Gasteiger partial charge >= 0.3 is 23.9 Å². The van der Waals surface area contributed by atoms with Gasteiger partial charge in [-0.3, -0.25) is 19.2 Å². The number of ether oxygens (including phenoxy) is 5. The average Bonchev–Trinajstić information content (AvgIpc) is 3.24. The number of carbonyl (C=O) groups is 6. The molecule has 0 spiro atoms. The lowest BCUT2D eigenvalue weighted by Gasteiger charge is -2.67. The Morgan fingerprint density at radius 3 is 1.95 bits per heavy atom.